The minimum Gasteiger partial charge on any atom is -0.309 e. The van der Waals surface area contributed by atoms with E-state index >= 15 is 0 Å². The number of nitrogens with zero attached hydrogens (tertiary/aromatic N) is 2. The van der Waals surface area contributed by atoms with Crippen molar-refractivity contribution in [1.82, 2.24) is 0 Å². The highest BCUT2D eigenvalue weighted by atomic mass is 79.9. The molecule has 2 aliphatic carbocycles. The van der Waals surface area contributed by atoms with Crippen LogP contribution < -0.4 is 9.80 Å². The Morgan fingerprint density at radius 1 is 0.437 bits per heavy atom. The molecule has 4 heteroatoms. The second kappa shape index (κ2) is 17.8. The van der Waals surface area contributed by atoms with Crippen LogP contribution in [-0.2, 0) is 21.7 Å². The van der Waals surface area contributed by atoms with Gasteiger partial charge in [0.05, 0.1) is 17.1 Å². The molecule has 356 valence electrons. The van der Waals surface area contributed by atoms with Gasteiger partial charge in [-0.1, -0.05) is 190 Å². The van der Waals surface area contributed by atoms with Gasteiger partial charge >= 0.3 is 0 Å². The molecule has 8 aromatic carbocycles. The van der Waals surface area contributed by atoms with E-state index < -0.39 is 0 Å². The lowest BCUT2D eigenvalue weighted by atomic mass is 9.77. The second-order valence-corrected chi connectivity index (χ2v) is 24.9. The molecule has 0 amide bonds. The van der Waals surface area contributed by atoms with Gasteiger partial charge in [-0.3, -0.25) is 0 Å². The van der Waals surface area contributed by atoms with E-state index in [0.717, 1.165) is 32.8 Å². The predicted molar refractivity (Wildman–Crippen MR) is 311 cm³/mol. The van der Waals surface area contributed by atoms with Crippen molar-refractivity contribution in [2.75, 3.05) is 9.80 Å². The Morgan fingerprint density at radius 3 is 1.66 bits per heavy atom. The normalized spacial score (nSPS) is 14.2. The molecule has 0 aliphatic heterocycles. The fourth-order valence-corrected chi connectivity index (χ4v) is 12.9. The third kappa shape index (κ3) is 8.55. The van der Waals surface area contributed by atoms with Gasteiger partial charge in [0.25, 0.3) is 0 Å². The first kappa shape index (κ1) is 47.1. The van der Waals surface area contributed by atoms with Crippen LogP contribution in [0, 0.1) is 0 Å². The smallest absolute Gasteiger partial charge is 0.0647 e. The number of halogens is 1. The number of thiophene rings is 1. The molecule has 0 atom stereocenters. The average molecular weight is 1010 g/mol. The first-order chi connectivity index (χ1) is 34.0. The van der Waals surface area contributed by atoms with Crippen molar-refractivity contribution >= 4 is 71.5 Å². The van der Waals surface area contributed by atoms with E-state index in [9.17, 15) is 0 Å². The monoisotopic (exact) mass is 1010 g/mol. The Kier molecular flexibility index (Phi) is 11.8. The number of benzene rings is 8. The average Bonchev–Trinajstić information content (AvgIpc) is 4.09. The molecule has 1 saturated carbocycles. The van der Waals surface area contributed by atoms with Crippen LogP contribution in [0.1, 0.15) is 116 Å². The van der Waals surface area contributed by atoms with Gasteiger partial charge in [0, 0.05) is 48.0 Å². The molecule has 0 radical (unpaired) electrons. The number of hydrogen-bond acceptors (Lipinski definition) is 3. The molecule has 1 spiro atoms. The van der Waals surface area contributed by atoms with Crippen LogP contribution >= 0.6 is 27.3 Å². The van der Waals surface area contributed by atoms with E-state index in [0.29, 0.717) is 0 Å². The van der Waals surface area contributed by atoms with E-state index in [2.05, 4.69) is 269 Å². The van der Waals surface area contributed by atoms with Gasteiger partial charge in [0.1, 0.15) is 0 Å². The lowest BCUT2D eigenvalue weighted by molar-refractivity contribution is 0.550. The molecule has 1 fully saturated rings. The van der Waals surface area contributed by atoms with Crippen molar-refractivity contribution in [2.45, 2.75) is 110 Å². The molecule has 9 aromatic rings. The molecule has 11 rings (SSSR count). The van der Waals surface area contributed by atoms with Gasteiger partial charge in [-0.05, 0) is 161 Å². The van der Waals surface area contributed by atoms with Crippen LogP contribution in [0.3, 0.4) is 0 Å². The summed E-state index contributed by atoms with van der Waals surface area (Å²) < 4.78 is 2.34. The van der Waals surface area contributed by atoms with Crippen molar-refractivity contribution in [3.05, 3.63) is 214 Å². The highest BCUT2D eigenvalue weighted by Crippen LogP contribution is 2.61. The molecule has 0 saturated heterocycles. The maximum atomic E-state index is 4.17. The standard InChI is InChI=1S/C67H65BrN2S/c1-64(2,3)48-28-24-45(25-29-48)46-26-32-51(33-27-46)69(59-34-30-50(41-58(59)68)66(7,8)9)52-38-47(44-18-11-10-12-19-44)39-53(42-52)70(61-43-71-62-35-31-49(40-55(61)62)65(4,5)6)60-23-17-22-57-63(60)54-20-13-14-21-56(54)67(57)36-15-16-37-67/h10-14,17-35,38-43H,15-16,36-37H2,1-9H3. The van der Waals surface area contributed by atoms with Crippen LogP contribution in [0.4, 0.5) is 34.1 Å². The third-order valence-electron chi connectivity index (χ3n) is 15.4. The lowest BCUT2D eigenvalue weighted by Crippen LogP contribution is -2.20. The Hall–Kier alpha value is -6.20. The summed E-state index contributed by atoms with van der Waals surface area (Å²) in [6.07, 6.45) is 4.87. The first-order valence-corrected chi connectivity index (χ1v) is 27.2. The predicted octanol–water partition coefficient (Wildman–Crippen LogP) is 20.7. The van der Waals surface area contributed by atoms with Crippen molar-refractivity contribution in [3.63, 3.8) is 0 Å². The lowest BCUT2D eigenvalue weighted by Gasteiger charge is -2.32. The zero-order chi connectivity index (χ0) is 49.5. The van der Waals surface area contributed by atoms with Crippen molar-refractivity contribution in [1.29, 1.82) is 0 Å². The highest BCUT2D eigenvalue weighted by molar-refractivity contribution is 9.10. The summed E-state index contributed by atoms with van der Waals surface area (Å²) in [4.78, 5) is 5.07. The third-order valence-corrected chi connectivity index (χ3v) is 17.0. The molecule has 1 aromatic heterocycles. The minimum absolute atomic E-state index is 0.0116. The molecular weight excluding hydrogens is 945 g/mol. The van der Waals surface area contributed by atoms with Crippen molar-refractivity contribution in [3.8, 4) is 33.4 Å². The summed E-state index contributed by atoms with van der Waals surface area (Å²) in [5.41, 5.74) is 21.3. The molecule has 2 nitrogen and oxygen atoms in total. The Labute approximate surface area is 435 Å². The number of rotatable bonds is 8. The van der Waals surface area contributed by atoms with Gasteiger partial charge < -0.3 is 9.80 Å². The fraction of sp³-hybridized carbons (Fsp3) is 0.254. The van der Waals surface area contributed by atoms with E-state index in [1.54, 1.807) is 0 Å². The summed E-state index contributed by atoms with van der Waals surface area (Å²) >= 11 is 6.01. The van der Waals surface area contributed by atoms with E-state index in [1.165, 1.54) is 103 Å². The van der Waals surface area contributed by atoms with Gasteiger partial charge in [0.15, 0.2) is 0 Å². The zero-order valence-electron chi connectivity index (χ0n) is 42.8. The van der Waals surface area contributed by atoms with Crippen molar-refractivity contribution < 1.29 is 0 Å². The Morgan fingerprint density at radius 2 is 1.00 bits per heavy atom. The van der Waals surface area contributed by atoms with Crippen LogP contribution in [0.25, 0.3) is 43.5 Å². The highest BCUT2D eigenvalue weighted by Gasteiger charge is 2.46. The quantitative estimate of drug-likeness (QED) is 0.150. The van der Waals surface area contributed by atoms with Gasteiger partial charge in [-0.15, -0.1) is 11.3 Å². The number of hydrogen-bond donors (Lipinski definition) is 0. The topological polar surface area (TPSA) is 6.48 Å². The Balaban J connectivity index is 1.18. The summed E-state index contributed by atoms with van der Waals surface area (Å²) in [6, 6.07) is 67.0. The molecule has 0 bridgehead atoms. The van der Waals surface area contributed by atoms with Crippen molar-refractivity contribution in [2.24, 2.45) is 0 Å². The van der Waals surface area contributed by atoms with Crippen LogP contribution in [0.2, 0.25) is 0 Å². The number of anilines is 6. The molecule has 0 unspecified atom stereocenters. The fourth-order valence-electron chi connectivity index (χ4n) is 11.5. The summed E-state index contributed by atoms with van der Waals surface area (Å²) in [5.74, 6) is 0. The van der Waals surface area contributed by atoms with Crippen LogP contribution in [0.15, 0.2) is 186 Å². The SMILES string of the molecule is CC(C)(C)c1ccc(-c2ccc(N(c3cc(-c4ccccc4)cc(N(c4cccc5c4-c4ccccc4C54CCCC4)c4csc5ccc(C(C)(C)C)cc45)c3)c3ccc(C(C)(C)C)cc3Br)cc2)cc1. The largest absolute Gasteiger partial charge is 0.309 e. The molecule has 0 N–H and O–H groups in total. The molecular formula is C67H65BrN2S. The summed E-state index contributed by atoms with van der Waals surface area (Å²) in [6.45, 7) is 20.7. The summed E-state index contributed by atoms with van der Waals surface area (Å²) in [5, 5.41) is 3.68. The van der Waals surface area contributed by atoms with Gasteiger partial charge in [-0.2, -0.15) is 0 Å². The van der Waals surface area contributed by atoms with Gasteiger partial charge in [-0.25, -0.2) is 0 Å². The zero-order valence-corrected chi connectivity index (χ0v) is 45.2. The molecule has 71 heavy (non-hydrogen) atoms. The second-order valence-electron chi connectivity index (χ2n) is 23.2. The first-order valence-electron chi connectivity index (χ1n) is 25.5. The summed E-state index contributed by atoms with van der Waals surface area (Å²) in [7, 11) is 0. The van der Waals surface area contributed by atoms with E-state index in [4.69, 9.17) is 0 Å². The molecule has 2 aliphatic rings. The number of fused-ring (bicyclic) bond motifs is 6. The maximum absolute atomic E-state index is 4.17. The van der Waals surface area contributed by atoms with Crippen LogP contribution in [-0.4, -0.2) is 0 Å². The van der Waals surface area contributed by atoms with E-state index in [1.807, 2.05) is 11.3 Å². The van der Waals surface area contributed by atoms with Crippen LogP contribution in [0.5, 0.6) is 0 Å². The van der Waals surface area contributed by atoms with E-state index in [-0.39, 0.29) is 21.7 Å². The minimum atomic E-state index is -0.0151. The molecule has 1 heterocycles. The maximum Gasteiger partial charge on any atom is 0.0647 e. The Bertz CT molecular complexity index is 3430. The van der Waals surface area contributed by atoms with Gasteiger partial charge in [0.2, 0.25) is 0 Å².